The average molecular weight is 317 g/mol. The minimum Gasteiger partial charge on any atom is -0.496 e. The normalized spacial score (nSPS) is 10.8. The van der Waals surface area contributed by atoms with E-state index in [1.807, 2.05) is 0 Å². The van der Waals surface area contributed by atoms with Crippen LogP contribution in [-0.4, -0.2) is 55.2 Å². The highest BCUT2D eigenvalue weighted by atomic mass is 16.5. The molecule has 0 aliphatic carbocycles. The van der Waals surface area contributed by atoms with Crippen molar-refractivity contribution >= 4 is 11.9 Å². The molecule has 0 spiro atoms. The maximum absolute atomic E-state index is 9.10. The Morgan fingerprint density at radius 1 is 1.00 bits per heavy atom. The molecule has 0 heterocycles. The maximum atomic E-state index is 9.10. The number of aliphatic carboxylic acids is 2. The first kappa shape index (κ1) is 19.5. The van der Waals surface area contributed by atoms with Crippen molar-refractivity contribution in [1.29, 1.82) is 0 Å². The summed E-state index contributed by atoms with van der Waals surface area (Å²) in [6, 6.07) is 2.89. The van der Waals surface area contributed by atoms with Crippen LogP contribution in [0.2, 0.25) is 0 Å². The zero-order valence-corrected chi connectivity index (χ0v) is 12.4. The summed E-state index contributed by atoms with van der Waals surface area (Å²) in [5.41, 5.74) is 6.44. The van der Waals surface area contributed by atoms with Crippen LogP contribution in [0, 0.1) is 0 Å². The zero-order chi connectivity index (χ0) is 17.3. The molecular formula is C13H19NO8. The lowest BCUT2D eigenvalue weighted by atomic mass is 10.1. The lowest BCUT2D eigenvalue weighted by Gasteiger charge is -2.17. The maximum Gasteiger partial charge on any atom is 0.414 e. The van der Waals surface area contributed by atoms with Crippen molar-refractivity contribution in [3.8, 4) is 17.2 Å². The van der Waals surface area contributed by atoms with Gasteiger partial charge in [0.1, 0.15) is 5.75 Å². The fourth-order valence-electron chi connectivity index (χ4n) is 1.44. The molecule has 22 heavy (non-hydrogen) atoms. The summed E-state index contributed by atoms with van der Waals surface area (Å²) < 4.78 is 15.5. The van der Waals surface area contributed by atoms with E-state index in [2.05, 4.69) is 0 Å². The van der Waals surface area contributed by atoms with E-state index >= 15 is 0 Å². The van der Waals surface area contributed by atoms with Crippen LogP contribution in [0.4, 0.5) is 0 Å². The van der Waals surface area contributed by atoms with Crippen LogP contribution in [-0.2, 0) is 9.59 Å². The Bertz CT molecular complexity index is 505. The fraction of sp³-hybridized carbons (Fsp3) is 0.385. The molecule has 1 rings (SSSR count). The number of carbonyl (C=O) groups is 2. The van der Waals surface area contributed by atoms with E-state index < -0.39 is 18.0 Å². The number of carboxylic acids is 2. The third kappa shape index (κ3) is 5.46. The Morgan fingerprint density at radius 3 is 1.73 bits per heavy atom. The number of hydrogen-bond acceptors (Lipinski definition) is 7. The number of methoxy groups -OCH3 is 3. The number of aliphatic hydroxyl groups excluding tert-OH is 1. The van der Waals surface area contributed by atoms with Gasteiger partial charge in [-0.05, 0) is 6.07 Å². The molecule has 1 atom stereocenters. The van der Waals surface area contributed by atoms with Gasteiger partial charge in [0.2, 0.25) is 0 Å². The standard InChI is InChI=1S/C11H17NO4.C2H2O4/c1-14-9-5-11(16-3)10(15-2)4-7(9)8(12)6-13;3-1(4)2(5)6/h4-5,8,13H,6,12H2,1-3H3;(H,3,4)(H,5,6). The van der Waals surface area contributed by atoms with E-state index in [0.29, 0.717) is 22.8 Å². The summed E-state index contributed by atoms with van der Waals surface area (Å²) in [6.07, 6.45) is 0. The SMILES string of the molecule is COc1cc(OC)c(C(N)CO)cc1OC.O=C(O)C(=O)O. The largest absolute Gasteiger partial charge is 0.496 e. The van der Waals surface area contributed by atoms with Crippen molar-refractivity contribution in [1.82, 2.24) is 0 Å². The molecule has 9 nitrogen and oxygen atoms in total. The van der Waals surface area contributed by atoms with Crippen LogP contribution in [0.1, 0.15) is 11.6 Å². The molecule has 9 heteroatoms. The summed E-state index contributed by atoms with van der Waals surface area (Å²) in [5.74, 6) is -1.96. The van der Waals surface area contributed by atoms with Gasteiger partial charge in [0.15, 0.2) is 11.5 Å². The van der Waals surface area contributed by atoms with Gasteiger partial charge in [0, 0.05) is 11.6 Å². The van der Waals surface area contributed by atoms with E-state index in [0.717, 1.165) is 0 Å². The average Bonchev–Trinajstić information content (AvgIpc) is 2.52. The minimum absolute atomic E-state index is 0.161. The number of hydrogen-bond donors (Lipinski definition) is 4. The number of rotatable bonds is 5. The Hall–Kier alpha value is -2.52. The zero-order valence-electron chi connectivity index (χ0n) is 12.4. The predicted octanol–water partition coefficient (Wildman–Crippen LogP) is -0.140. The molecule has 0 aromatic heterocycles. The van der Waals surface area contributed by atoms with Gasteiger partial charge >= 0.3 is 11.9 Å². The third-order valence-corrected chi connectivity index (χ3v) is 2.52. The molecule has 1 aromatic rings. The Kier molecular flexibility index (Phi) is 8.34. The van der Waals surface area contributed by atoms with Crippen LogP contribution in [0.25, 0.3) is 0 Å². The summed E-state index contributed by atoms with van der Waals surface area (Å²) in [7, 11) is 4.62. The third-order valence-electron chi connectivity index (χ3n) is 2.52. The van der Waals surface area contributed by atoms with Crippen LogP contribution >= 0.6 is 0 Å². The van der Waals surface area contributed by atoms with Crippen molar-refractivity contribution in [2.24, 2.45) is 5.73 Å². The first-order chi connectivity index (χ1) is 10.3. The fourth-order valence-corrected chi connectivity index (χ4v) is 1.44. The van der Waals surface area contributed by atoms with Gasteiger partial charge in [-0.25, -0.2) is 9.59 Å². The van der Waals surface area contributed by atoms with Gasteiger partial charge in [0.25, 0.3) is 0 Å². The first-order valence-corrected chi connectivity index (χ1v) is 5.94. The summed E-state index contributed by atoms with van der Waals surface area (Å²) >= 11 is 0. The molecule has 1 unspecified atom stereocenters. The molecule has 0 saturated heterocycles. The van der Waals surface area contributed by atoms with Crippen molar-refractivity contribution in [3.05, 3.63) is 17.7 Å². The van der Waals surface area contributed by atoms with E-state index in [4.69, 9.17) is 44.9 Å². The van der Waals surface area contributed by atoms with E-state index in [1.165, 1.54) is 7.11 Å². The molecule has 0 saturated carbocycles. The van der Waals surface area contributed by atoms with Gasteiger partial charge in [-0.15, -0.1) is 0 Å². The topological polar surface area (TPSA) is 149 Å². The van der Waals surface area contributed by atoms with Crippen molar-refractivity contribution in [2.75, 3.05) is 27.9 Å². The Morgan fingerprint density at radius 2 is 1.41 bits per heavy atom. The second-order valence-corrected chi connectivity index (χ2v) is 3.85. The van der Waals surface area contributed by atoms with E-state index in [1.54, 1.807) is 26.4 Å². The Labute approximate surface area is 126 Å². The van der Waals surface area contributed by atoms with Crippen LogP contribution in [0.3, 0.4) is 0 Å². The second-order valence-electron chi connectivity index (χ2n) is 3.85. The summed E-state index contributed by atoms with van der Waals surface area (Å²) in [6.45, 7) is -0.161. The van der Waals surface area contributed by atoms with Crippen molar-refractivity contribution < 1.29 is 39.1 Å². The lowest BCUT2D eigenvalue weighted by Crippen LogP contribution is -2.15. The highest BCUT2D eigenvalue weighted by Crippen LogP contribution is 2.36. The lowest BCUT2D eigenvalue weighted by molar-refractivity contribution is -0.159. The number of nitrogens with two attached hydrogens (primary N) is 1. The van der Waals surface area contributed by atoms with Crippen molar-refractivity contribution in [3.63, 3.8) is 0 Å². The van der Waals surface area contributed by atoms with Crippen LogP contribution in [0.5, 0.6) is 17.2 Å². The molecule has 5 N–H and O–H groups in total. The number of benzene rings is 1. The van der Waals surface area contributed by atoms with Gasteiger partial charge < -0.3 is 35.3 Å². The highest BCUT2D eigenvalue weighted by Gasteiger charge is 2.16. The number of ether oxygens (including phenoxy) is 3. The molecule has 0 amide bonds. The molecule has 1 aromatic carbocycles. The van der Waals surface area contributed by atoms with Crippen molar-refractivity contribution in [2.45, 2.75) is 6.04 Å². The highest BCUT2D eigenvalue weighted by molar-refractivity contribution is 6.27. The van der Waals surface area contributed by atoms with E-state index in [9.17, 15) is 0 Å². The van der Waals surface area contributed by atoms with E-state index in [-0.39, 0.29) is 6.61 Å². The van der Waals surface area contributed by atoms with Gasteiger partial charge in [-0.1, -0.05) is 0 Å². The molecule has 0 aliphatic heterocycles. The first-order valence-electron chi connectivity index (χ1n) is 5.94. The predicted molar refractivity (Wildman–Crippen MR) is 75.4 cm³/mol. The quantitative estimate of drug-likeness (QED) is 0.544. The molecule has 0 aliphatic rings. The molecular weight excluding hydrogens is 298 g/mol. The molecule has 0 bridgehead atoms. The van der Waals surface area contributed by atoms with Crippen LogP contribution < -0.4 is 19.9 Å². The van der Waals surface area contributed by atoms with Crippen LogP contribution in [0.15, 0.2) is 12.1 Å². The smallest absolute Gasteiger partial charge is 0.414 e. The minimum atomic E-state index is -1.82. The Balaban J connectivity index is 0.000000626. The monoisotopic (exact) mass is 317 g/mol. The number of aliphatic hydroxyl groups is 1. The molecule has 124 valence electrons. The second kappa shape index (κ2) is 9.42. The summed E-state index contributed by atoms with van der Waals surface area (Å²) in [4.78, 5) is 18.2. The molecule has 0 radical (unpaired) electrons. The molecule has 0 fully saturated rings. The summed E-state index contributed by atoms with van der Waals surface area (Å²) in [5, 5.41) is 23.8. The van der Waals surface area contributed by atoms with Gasteiger partial charge in [0.05, 0.1) is 34.0 Å². The van der Waals surface area contributed by atoms with Gasteiger partial charge in [-0.2, -0.15) is 0 Å². The van der Waals surface area contributed by atoms with Gasteiger partial charge in [-0.3, -0.25) is 0 Å². The number of carboxylic acid groups (broad SMARTS) is 2.